The van der Waals surface area contributed by atoms with Crippen LogP contribution in [0.25, 0.3) is 11.0 Å². The van der Waals surface area contributed by atoms with Crippen molar-refractivity contribution >= 4 is 48.7 Å². The summed E-state index contributed by atoms with van der Waals surface area (Å²) in [4.78, 5) is 29.0. The van der Waals surface area contributed by atoms with E-state index in [0.717, 1.165) is 10.0 Å². The zero-order valence-corrected chi connectivity index (χ0v) is 21.8. The highest BCUT2D eigenvalue weighted by atomic mass is 79.9. The Labute approximate surface area is 217 Å². The van der Waals surface area contributed by atoms with E-state index in [2.05, 4.69) is 31.9 Å². The number of halogens is 2. The summed E-state index contributed by atoms with van der Waals surface area (Å²) in [6.45, 7) is 0.220. The lowest BCUT2D eigenvalue weighted by Crippen LogP contribution is -2.29. The van der Waals surface area contributed by atoms with Crippen molar-refractivity contribution in [2.45, 2.75) is 12.6 Å². The zero-order valence-electron chi connectivity index (χ0n) is 18.7. The summed E-state index contributed by atoms with van der Waals surface area (Å²) in [5.41, 5.74) is 1.73. The van der Waals surface area contributed by atoms with Crippen LogP contribution in [0.4, 0.5) is 0 Å². The average molecular weight is 601 g/mol. The highest BCUT2D eigenvalue weighted by Gasteiger charge is 2.43. The fourth-order valence-electron chi connectivity index (χ4n) is 4.34. The monoisotopic (exact) mass is 599 g/mol. The molecule has 0 saturated heterocycles. The van der Waals surface area contributed by atoms with Gasteiger partial charge in [-0.15, -0.1) is 0 Å². The Morgan fingerprint density at radius 1 is 1.00 bits per heavy atom. The van der Waals surface area contributed by atoms with Gasteiger partial charge in [-0.1, -0.05) is 28.1 Å². The first kappa shape index (κ1) is 23.4. The second kappa shape index (κ2) is 9.05. The van der Waals surface area contributed by atoms with E-state index < -0.39 is 11.9 Å². The molecule has 0 fully saturated rings. The SMILES string of the molecule is COc1ccc(CN2C(=O)c3oc4ccc(Br)cc4c(=O)c3[C@H]2c2cc(Br)c(O)c(OC)c2)cc1. The lowest BCUT2D eigenvalue weighted by molar-refractivity contribution is 0.0714. The van der Waals surface area contributed by atoms with Crippen LogP contribution in [-0.4, -0.2) is 30.1 Å². The molecule has 3 aromatic carbocycles. The molecule has 0 spiro atoms. The Balaban J connectivity index is 1.73. The zero-order chi connectivity index (χ0) is 24.9. The lowest BCUT2D eigenvalue weighted by atomic mass is 9.97. The van der Waals surface area contributed by atoms with Gasteiger partial charge in [0, 0.05) is 11.0 Å². The van der Waals surface area contributed by atoms with Crippen molar-refractivity contribution in [2.24, 2.45) is 0 Å². The lowest BCUT2D eigenvalue weighted by Gasteiger charge is -2.26. The van der Waals surface area contributed by atoms with Crippen molar-refractivity contribution in [3.05, 3.63) is 96.2 Å². The maximum Gasteiger partial charge on any atom is 0.291 e. The van der Waals surface area contributed by atoms with Crippen molar-refractivity contribution in [1.29, 1.82) is 0 Å². The predicted octanol–water partition coefficient (Wildman–Crippen LogP) is 5.79. The topological polar surface area (TPSA) is 89.2 Å². The van der Waals surface area contributed by atoms with Gasteiger partial charge in [0.1, 0.15) is 11.3 Å². The maximum atomic E-state index is 13.7. The van der Waals surface area contributed by atoms with Crippen LogP contribution in [0.1, 0.15) is 33.3 Å². The normalized spacial score (nSPS) is 14.9. The van der Waals surface area contributed by atoms with Gasteiger partial charge in [-0.3, -0.25) is 9.59 Å². The van der Waals surface area contributed by atoms with Crippen LogP contribution in [0.3, 0.4) is 0 Å². The van der Waals surface area contributed by atoms with Crippen LogP contribution < -0.4 is 14.9 Å². The Bertz CT molecular complexity index is 1530. The number of ether oxygens (including phenoxy) is 2. The summed E-state index contributed by atoms with van der Waals surface area (Å²) in [7, 11) is 3.02. The molecule has 178 valence electrons. The number of methoxy groups -OCH3 is 2. The minimum Gasteiger partial charge on any atom is -0.503 e. The summed E-state index contributed by atoms with van der Waals surface area (Å²) in [5, 5.41) is 10.7. The fraction of sp³-hybridized carbons (Fsp3) is 0.154. The van der Waals surface area contributed by atoms with Crippen molar-refractivity contribution in [2.75, 3.05) is 14.2 Å². The standard InChI is InChI=1S/C26H19Br2NO6/c1-33-16-6-3-13(4-7-16)12-29-22(14-9-18(28)24(31)20(10-14)34-2)21-23(30)17-11-15(27)5-8-19(17)35-25(21)26(29)32/h3-11,22,31H,12H2,1-2H3/t22-/m1/s1. The van der Waals surface area contributed by atoms with E-state index in [0.29, 0.717) is 26.8 Å². The van der Waals surface area contributed by atoms with Crippen LogP contribution >= 0.6 is 31.9 Å². The number of rotatable bonds is 5. The summed E-state index contributed by atoms with van der Waals surface area (Å²) in [6.07, 6.45) is 0. The van der Waals surface area contributed by atoms with Crippen molar-refractivity contribution < 1.29 is 23.8 Å². The van der Waals surface area contributed by atoms with Gasteiger partial charge in [0.25, 0.3) is 5.91 Å². The van der Waals surface area contributed by atoms with Crippen LogP contribution in [0, 0.1) is 0 Å². The Morgan fingerprint density at radius 2 is 1.74 bits per heavy atom. The van der Waals surface area contributed by atoms with Crippen molar-refractivity contribution in [3.63, 3.8) is 0 Å². The molecule has 35 heavy (non-hydrogen) atoms. The number of amides is 1. The molecule has 1 atom stereocenters. The van der Waals surface area contributed by atoms with Crippen LogP contribution in [0.15, 0.2) is 72.8 Å². The Morgan fingerprint density at radius 3 is 2.43 bits per heavy atom. The third kappa shape index (κ3) is 3.98. The largest absolute Gasteiger partial charge is 0.503 e. The Hall–Kier alpha value is -3.30. The van der Waals surface area contributed by atoms with Crippen molar-refractivity contribution in [1.82, 2.24) is 4.90 Å². The number of phenolic OH excluding ortho intramolecular Hbond substituents is 1. The highest BCUT2D eigenvalue weighted by Crippen LogP contribution is 2.44. The van der Waals surface area contributed by atoms with E-state index in [9.17, 15) is 14.7 Å². The fourth-order valence-corrected chi connectivity index (χ4v) is 5.16. The number of hydrogen-bond acceptors (Lipinski definition) is 6. The summed E-state index contributed by atoms with van der Waals surface area (Å²) in [5.74, 6) is 0.448. The molecule has 0 saturated carbocycles. The van der Waals surface area contributed by atoms with Gasteiger partial charge in [0.2, 0.25) is 5.76 Å². The first-order valence-corrected chi connectivity index (χ1v) is 12.2. The van der Waals surface area contributed by atoms with Gasteiger partial charge >= 0.3 is 0 Å². The van der Waals surface area contributed by atoms with E-state index >= 15 is 0 Å². The summed E-state index contributed by atoms with van der Waals surface area (Å²) in [6, 6.07) is 15.0. The smallest absolute Gasteiger partial charge is 0.291 e. The number of hydrogen-bond donors (Lipinski definition) is 1. The van der Waals surface area contributed by atoms with E-state index in [-0.39, 0.29) is 34.8 Å². The second-order valence-corrected chi connectivity index (χ2v) is 9.82. The van der Waals surface area contributed by atoms with Crippen molar-refractivity contribution in [3.8, 4) is 17.2 Å². The van der Waals surface area contributed by atoms with Gasteiger partial charge in [0.15, 0.2) is 16.9 Å². The van der Waals surface area contributed by atoms with Gasteiger partial charge in [-0.05, 0) is 69.5 Å². The molecule has 0 unspecified atom stereocenters. The molecule has 1 aliphatic heterocycles. The van der Waals surface area contributed by atoms with E-state index in [4.69, 9.17) is 13.9 Å². The first-order chi connectivity index (χ1) is 16.8. The highest BCUT2D eigenvalue weighted by molar-refractivity contribution is 9.10. The third-order valence-electron chi connectivity index (χ3n) is 6.03. The quantitative estimate of drug-likeness (QED) is 0.312. The molecule has 0 bridgehead atoms. The summed E-state index contributed by atoms with van der Waals surface area (Å²) >= 11 is 6.76. The predicted molar refractivity (Wildman–Crippen MR) is 137 cm³/mol. The van der Waals surface area contributed by atoms with Crippen LogP contribution in [0.2, 0.25) is 0 Å². The summed E-state index contributed by atoms with van der Waals surface area (Å²) < 4.78 is 17.7. The minimum atomic E-state index is -0.759. The van der Waals surface area contributed by atoms with E-state index in [1.165, 1.54) is 7.11 Å². The number of aromatic hydroxyl groups is 1. The van der Waals surface area contributed by atoms with Crippen LogP contribution in [-0.2, 0) is 6.54 Å². The molecule has 5 rings (SSSR count). The molecule has 0 radical (unpaired) electrons. The molecule has 1 N–H and O–H groups in total. The second-order valence-electron chi connectivity index (χ2n) is 8.05. The molecule has 1 aromatic heterocycles. The van der Waals surface area contributed by atoms with Gasteiger partial charge in [-0.2, -0.15) is 0 Å². The third-order valence-corrected chi connectivity index (χ3v) is 7.12. The molecular weight excluding hydrogens is 582 g/mol. The first-order valence-electron chi connectivity index (χ1n) is 10.6. The molecule has 9 heteroatoms. The molecule has 7 nitrogen and oxygen atoms in total. The number of benzene rings is 3. The molecule has 1 aliphatic rings. The van der Waals surface area contributed by atoms with Gasteiger partial charge < -0.3 is 23.9 Å². The number of carbonyl (C=O) groups is 1. The molecule has 2 heterocycles. The molecule has 4 aromatic rings. The van der Waals surface area contributed by atoms with E-state index in [1.807, 2.05) is 24.3 Å². The number of carbonyl (C=O) groups excluding carboxylic acids is 1. The average Bonchev–Trinajstić information content (AvgIpc) is 3.13. The van der Waals surface area contributed by atoms with Crippen LogP contribution in [0.5, 0.6) is 17.2 Å². The molecule has 1 amide bonds. The molecule has 0 aliphatic carbocycles. The number of nitrogens with zero attached hydrogens (tertiary/aromatic N) is 1. The van der Waals surface area contributed by atoms with Gasteiger partial charge in [-0.25, -0.2) is 0 Å². The van der Waals surface area contributed by atoms with Gasteiger partial charge in [0.05, 0.1) is 35.7 Å². The Kier molecular flexibility index (Phi) is 6.06. The van der Waals surface area contributed by atoms with E-state index in [1.54, 1.807) is 42.3 Å². The maximum absolute atomic E-state index is 13.7. The molecular formula is C26H19Br2NO6. The minimum absolute atomic E-state index is 0.00602. The number of phenols is 1. The number of fused-ring (bicyclic) bond motifs is 2.